The van der Waals surface area contributed by atoms with Crippen LogP contribution in [0.3, 0.4) is 0 Å². The molecule has 0 aliphatic heterocycles. The number of para-hydroxylation sites is 2. The maximum atomic E-state index is 5.17. The summed E-state index contributed by atoms with van der Waals surface area (Å²) in [5.74, 6) is 0. The molecule has 0 N–H and O–H groups in total. The molecule has 44 heavy (non-hydrogen) atoms. The Morgan fingerprint density at radius 3 is 1.36 bits per heavy atom. The van der Waals surface area contributed by atoms with Crippen molar-refractivity contribution in [3.63, 3.8) is 0 Å². The van der Waals surface area contributed by atoms with E-state index in [1.165, 1.54) is 10.8 Å². The molecule has 0 saturated heterocycles. The molecular weight excluding hydrogens is 538 g/mol. The summed E-state index contributed by atoms with van der Waals surface area (Å²) in [7, 11) is 0. The molecule has 0 fully saturated rings. The topological polar surface area (TPSA) is 48.5 Å². The van der Waals surface area contributed by atoms with E-state index in [0.29, 0.717) is 0 Å². The number of pyridine rings is 3. The van der Waals surface area contributed by atoms with Gasteiger partial charge in [0.2, 0.25) is 0 Å². The first-order valence-corrected chi connectivity index (χ1v) is 14.7. The van der Waals surface area contributed by atoms with Crippen LogP contribution in [-0.2, 0) is 0 Å². The SMILES string of the molecule is c1cc(-c2cccc(-c3cccc(-n4c5ccccc5c5cnccc54)c3)n2)cc(-n2c3ccccc3c3cnccc32)c1. The molecule has 0 radical (unpaired) electrons. The number of hydrogen-bond donors (Lipinski definition) is 0. The molecule has 9 rings (SSSR count). The van der Waals surface area contributed by atoms with Crippen molar-refractivity contribution in [2.45, 2.75) is 0 Å². The summed E-state index contributed by atoms with van der Waals surface area (Å²) in [6.07, 6.45) is 7.62. The highest BCUT2D eigenvalue weighted by atomic mass is 15.0. The summed E-state index contributed by atoms with van der Waals surface area (Å²) in [6, 6.07) is 44.7. The van der Waals surface area contributed by atoms with E-state index in [1.54, 1.807) is 0 Å². The third-order valence-electron chi connectivity index (χ3n) is 8.50. The monoisotopic (exact) mass is 563 g/mol. The van der Waals surface area contributed by atoms with E-state index in [9.17, 15) is 0 Å². The zero-order valence-electron chi connectivity index (χ0n) is 23.7. The molecule has 0 unspecified atom stereocenters. The molecule has 5 nitrogen and oxygen atoms in total. The Morgan fingerprint density at radius 1 is 0.386 bits per heavy atom. The molecular formula is C39H25N5. The lowest BCUT2D eigenvalue weighted by molar-refractivity contribution is 1.17. The minimum atomic E-state index is 0.931. The number of hydrogen-bond acceptors (Lipinski definition) is 3. The van der Waals surface area contributed by atoms with Crippen LogP contribution in [0.15, 0.2) is 152 Å². The van der Waals surface area contributed by atoms with Gasteiger partial charge in [-0.15, -0.1) is 0 Å². The Hall–Kier alpha value is -6.07. The van der Waals surface area contributed by atoms with Gasteiger partial charge in [-0.1, -0.05) is 66.7 Å². The van der Waals surface area contributed by atoms with E-state index < -0.39 is 0 Å². The van der Waals surface area contributed by atoms with Crippen molar-refractivity contribution in [2.75, 3.05) is 0 Å². The van der Waals surface area contributed by atoms with Gasteiger partial charge in [0.05, 0.1) is 33.5 Å². The molecule has 5 aromatic heterocycles. The Bertz CT molecular complexity index is 2240. The Morgan fingerprint density at radius 2 is 0.841 bits per heavy atom. The minimum absolute atomic E-state index is 0.931. The van der Waals surface area contributed by atoms with Crippen LogP contribution in [0.25, 0.3) is 77.5 Å². The predicted octanol–water partition coefficient (Wildman–Crippen LogP) is 9.40. The van der Waals surface area contributed by atoms with Gasteiger partial charge in [-0.2, -0.15) is 0 Å². The number of nitrogens with zero attached hydrogens (tertiary/aromatic N) is 5. The highest BCUT2D eigenvalue weighted by Gasteiger charge is 2.15. The van der Waals surface area contributed by atoms with Crippen LogP contribution < -0.4 is 0 Å². The van der Waals surface area contributed by atoms with Gasteiger partial charge in [-0.25, -0.2) is 4.98 Å². The third-order valence-corrected chi connectivity index (χ3v) is 8.50. The minimum Gasteiger partial charge on any atom is -0.309 e. The number of aromatic nitrogens is 5. The molecule has 0 bridgehead atoms. The van der Waals surface area contributed by atoms with Crippen LogP contribution >= 0.6 is 0 Å². The van der Waals surface area contributed by atoms with Crippen LogP contribution in [-0.4, -0.2) is 24.1 Å². The van der Waals surface area contributed by atoms with E-state index in [0.717, 1.165) is 66.7 Å². The van der Waals surface area contributed by atoms with Crippen LogP contribution in [0.4, 0.5) is 0 Å². The molecule has 0 aliphatic carbocycles. The third kappa shape index (κ3) is 3.76. The van der Waals surface area contributed by atoms with Crippen molar-refractivity contribution in [2.24, 2.45) is 0 Å². The summed E-state index contributed by atoms with van der Waals surface area (Å²) >= 11 is 0. The second-order valence-corrected chi connectivity index (χ2v) is 11.0. The van der Waals surface area contributed by atoms with Crippen LogP contribution in [0, 0.1) is 0 Å². The van der Waals surface area contributed by atoms with Gasteiger partial charge >= 0.3 is 0 Å². The highest BCUT2D eigenvalue weighted by molar-refractivity contribution is 6.09. The fourth-order valence-electron chi connectivity index (χ4n) is 6.55. The normalized spacial score (nSPS) is 11.6. The molecule has 0 amide bonds. The highest BCUT2D eigenvalue weighted by Crippen LogP contribution is 2.34. The molecule has 0 aliphatic rings. The average Bonchev–Trinajstić information content (AvgIpc) is 3.62. The van der Waals surface area contributed by atoms with Gasteiger partial charge < -0.3 is 9.13 Å². The lowest BCUT2D eigenvalue weighted by Gasteiger charge is -2.12. The molecule has 5 heteroatoms. The van der Waals surface area contributed by atoms with E-state index in [1.807, 2.05) is 24.8 Å². The molecule has 206 valence electrons. The maximum Gasteiger partial charge on any atom is 0.0710 e. The van der Waals surface area contributed by atoms with Crippen molar-refractivity contribution in [1.82, 2.24) is 24.1 Å². The van der Waals surface area contributed by atoms with Gasteiger partial charge in [-0.3, -0.25) is 9.97 Å². The predicted molar refractivity (Wildman–Crippen MR) is 179 cm³/mol. The molecule has 5 heterocycles. The van der Waals surface area contributed by atoms with Gasteiger partial charge in [-0.05, 0) is 60.7 Å². The average molecular weight is 564 g/mol. The second-order valence-electron chi connectivity index (χ2n) is 11.0. The molecule has 0 saturated carbocycles. The van der Waals surface area contributed by atoms with Gasteiger partial charge in [0.25, 0.3) is 0 Å². The van der Waals surface area contributed by atoms with E-state index in [-0.39, 0.29) is 0 Å². The first-order valence-electron chi connectivity index (χ1n) is 14.7. The van der Waals surface area contributed by atoms with Crippen molar-refractivity contribution in [3.8, 4) is 33.9 Å². The van der Waals surface area contributed by atoms with Crippen LogP contribution in [0.2, 0.25) is 0 Å². The van der Waals surface area contributed by atoms with Crippen molar-refractivity contribution < 1.29 is 0 Å². The van der Waals surface area contributed by atoms with Crippen LogP contribution in [0.1, 0.15) is 0 Å². The van der Waals surface area contributed by atoms with Gasteiger partial charge in [0, 0.05) is 68.8 Å². The van der Waals surface area contributed by atoms with Crippen LogP contribution in [0.5, 0.6) is 0 Å². The van der Waals surface area contributed by atoms with E-state index >= 15 is 0 Å². The van der Waals surface area contributed by atoms with Gasteiger partial charge in [0.15, 0.2) is 0 Å². The lowest BCUT2D eigenvalue weighted by Crippen LogP contribution is -1.96. The summed E-state index contributed by atoms with van der Waals surface area (Å²) < 4.78 is 4.62. The molecule has 0 spiro atoms. The van der Waals surface area contributed by atoms with Crippen molar-refractivity contribution in [1.29, 1.82) is 0 Å². The Labute approximate surface area is 253 Å². The fourth-order valence-corrected chi connectivity index (χ4v) is 6.55. The fraction of sp³-hybridized carbons (Fsp3) is 0. The number of rotatable bonds is 4. The maximum absolute atomic E-state index is 5.17. The molecule has 4 aromatic carbocycles. The Kier molecular flexibility index (Phi) is 5.43. The summed E-state index contributed by atoms with van der Waals surface area (Å²) in [5, 5.41) is 4.68. The van der Waals surface area contributed by atoms with E-state index in [4.69, 9.17) is 4.98 Å². The zero-order valence-corrected chi connectivity index (χ0v) is 23.7. The summed E-state index contributed by atoms with van der Waals surface area (Å²) in [6.45, 7) is 0. The lowest BCUT2D eigenvalue weighted by atomic mass is 10.1. The first-order chi connectivity index (χ1) is 21.8. The van der Waals surface area contributed by atoms with Crippen molar-refractivity contribution in [3.05, 3.63) is 152 Å². The standard InChI is InChI=1S/C39H25N5/c1-3-16-36-30(12-1)32-24-40-20-18-38(32)43(36)28-10-5-8-26(22-28)34-14-7-15-35(42-34)27-9-6-11-29(23-27)44-37-17-4-2-13-31(37)33-25-41-21-19-39(33)44/h1-25H. The molecule has 0 atom stereocenters. The second kappa shape index (κ2) is 9.75. The summed E-state index contributed by atoms with van der Waals surface area (Å²) in [5.41, 5.74) is 10.8. The largest absolute Gasteiger partial charge is 0.309 e. The van der Waals surface area contributed by atoms with E-state index in [2.05, 4.69) is 146 Å². The zero-order chi connectivity index (χ0) is 29.0. The quantitative estimate of drug-likeness (QED) is 0.214. The number of benzene rings is 4. The number of fused-ring (bicyclic) bond motifs is 6. The first kappa shape index (κ1) is 24.5. The van der Waals surface area contributed by atoms with Crippen molar-refractivity contribution >= 4 is 43.6 Å². The summed E-state index contributed by atoms with van der Waals surface area (Å²) in [4.78, 5) is 14.0. The smallest absolute Gasteiger partial charge is 0.0710 e. The van der Waals surface area contributed by atoms with Gasteiger partial charge in [0.1, 0.15) is 0 Å². The molecule has 9 aromatic rings. The Balaban J connectivity index is 1.15.